The minimum Gasteiger partial charge on any atom is -0.497 e. The van der Waals surface area contributed by atoms with Crippen LogP contribution in [0.1, 0.15) is 26.7 Å². The molecule has 2 aromatic rings. The zero-order valence-corrected chi connectivity index (χ0v) is 12.7. The van der Waals surface area contributed by atoms with Gasteiger partial charge in [-0.3, -0.25) is 4.79 Å². The van der Waals surface area contributed by atoms with E-state index in [4.69, 9.17) is 10.5 Å². The van der Waals surface area contributed by atoms with Gasteiger partial charge in [-0.2, -0.15) is 0 Å². The number of rotatable bonds is 5. The van der Waals surface area contributed by atoms with Gasteiger partial charge in [0.15, 0.2) is 5.13 Å². The van der Waals surface area contributed by atoms with E-state index in [-0.39, 0.29) is 5.91 Å². The Morgan fingerprint density at radius 3 is 2.75 bits per heavy atom. The first kappa shape index (κ1) is 14.7. The predicted octanol–water partition coefficient (Wildman–Crippen LogP) is 2.76. The second kappa shape index (κ2) is 5.76. The molecule has 20 heavy (non-hydrogen) atoms. The maximum atomic E-state index is 12.2. The number of carbonyl (C=O) groups excluding carboxylic acids is 1. The number of nitrogens with zero attached hydrogens (tertiary/aromatic N) is 1. The minimum atomic E-state index is -0.838. The molecule has 2 rings (SSSR count). The van der Waals surface area contributed by atoms with Crippen LogP contribution in [0.3, 0.4) is 0 Å². The SMILES string of the molecule is CCC(N)(CC)C(=O)Nc1nc2ccc(OC)cc2s1. The summed E-state index contributed by atoms with van der Waals surface area (Å²) in [6, 6.07) is 5.62. The van der Waals surface area contributed by atoms with Crippen LogP contribution < -0.4 is 15.8 Å². The van der Waals surface area contributed by atoms with Gasteiger partial charge in [0.25, 0.3) is 0 Å². The van der Waals surface area contributed by atoms with E-state index < -0.39 is 5.54 Å². The van der Waals surface area contributed by atoms with Gasteiger partial charge in [0.2, 0.25) is 5.91 Å². The van der Waals surface area contributed by atoms with E-state index in [9.17, 15) is 4.79 Å². The summed E-state index contributed by atoms with van der Waals surface area (Å²) in [4.78, 5) is 16.6. The number of hydrogen-bond acceptors (Lipinski definition) is 5. The Labute approximate surface area is 122 Å². The summed E-state index contributed by atoms with van der Waals surface area (Å²) < 4.78 is 6.14. The summed E-state index contributed by atoms with van der Waals surface area (Å²) in [5, 5.41) is 3.38. The first-order valence-corrected chi connectivity index (χ1v) is 7.39. The highest BCUT2D eigenvalue weighted by Gasteiger charge is 2.30. The molecule has 0 unspecified atom stereocenters. The third-order valence-electron chi connectivity index (χ3n) is 3.53. The molecule has 1 amide bonds. The fraction of sp³-hybridized carbons (Fsp3) is 0.429. The van der Waals surface area contributed by atoms with E-state index in [1.807, 2.05) is 32.0 Å². The van der Waals surface area contributed by atoms with Crippen molar-refractivity contribution in [3.63, 3.8) is 0 Å². The van der Waals surface area contributed by atoms with Crippen molar-refractivity contribution in [3.8, 4) is 5.75 Å². The lowest BCUT2D eigenvalue weighted by molar-refractivity contribution is -0.121. The maximum Gasteiger partial charge on any atom is 0.246 e. The minimum absolute atomic E-state index is 0.187. The van der Waals surface area contributed by atoms with Crippen LogP contribution in [0, 0.1) is 0 Å². The number of carbonyl (C=O) groups is 1. The van der Waals surface area contributed by atoms with Crippen molar-refractivity contribution in [1.82, 2.24) is 4.98 Å². The van der Waals surface area contributed by atoms with Crippen molar-refractivity contribution in [2.45, 2.75) is 32.2 Å². The van der Waals surface area contributed by atoms with Crippen LogP contribution in [-0.2, 0) is 4.79 Å². The molecular formula is C14H19N3O2S. The number of aromatic nitrogens is 1. The van der Waals surface area contributed by atoms with Gasteiger partial charge in [0, 0.05) is 0 Å². The van der Waals surface area contributed by atoms with Gasteiger partial charge in [0.1, 0.15) is 5.75 Å². The number of ether oxygens (including phenoxy) is 1. The number of fused-ring (bicyclic) bond motifs is 1. The second-order valence-corrected chi connectivity index (χ2v) is 5.70. The van der Waals surface area contributed by atoms with Crippen molar-refractivity contribution >= 4 is 32.6 Å². The van der Waals surface area contributed by atoms with Crippen LogP contribution >= 0.6 is 11.3 Å². The Hall–Kier alpha value is -1.66. The number of nitrogens with two attached hydrogens (primary N) is 1. The highest BCUT2D eigenvalue weighted by molar-refractivity contribution is 7.22. The van der Waals surface area contributed by atoms with Crippen molar-refractivity contribution < 1.29 is 9.53 Å². The second-order valence-electron chi connectivity index (χ2n) is 4.67. The van der Waals surface area contributed by atoms with Crippen molar-refractivity contribution in [3.05, 3.63) is 18.2 Å². The number of hydrogen-bond donors (Lipinski definition) is 2. The summed E-state index contributed by atoms with van der Waals surface area (Å²) in [5.41, 5.74) is 6.07. The standard InChI is InChI=1S/C14H19N3O2S/c1-4-14(15,5-2)12(18)17-13-16-10-7-6-9(19-3)8-11(10)20-13/h6-8H,4-5,15H2,1-3H3,(H,16,17,18). The summed E-state index contributed by atoms with van der Waals surface area (Å²) in [5.74, 6) is 0.586. The number of thiazole rings is 1. The topological polar surface area (TPSA) is 77.2 Å². The molecule has 0 spiro atoms. The monoisotopic (exact) mass is 293 g/mol. The van der Waals surface area contributed by atoms with Gasteiger partial charge in [-0.05, 0) is 31.0 Å². The van der Waals surface area contributed by atoms with Crippen LogP contribution in [-0.4, -0.2) is 23.5 Å². The molecule has 1 aromatic heterocycles. The molecule has 108 valence electrons. The molecule has 0 aliphatic heterocycles. The van der Waals surface area contributed by atoms with Crippen LogP contribution in [0.15, 0.2) is 18.2 Å². The summed E-state index contributed by atoms with van der Waals surface area (Å²) in [6.07, 6.45) is 1.18. The molecule has 0 radical (unpaired) electrons. The van der Waals surface area contributed by atoms with Gasteiger partial charge in [-0.1, -0.05) is 25.2 Å². The number of methoxy groups -OCH3 is 1. The van der Waals surface area contributed by atoms with Crippen molar-refractivity contribution in [2.75, 3.05) is 12.4 Å². The Morgan fingerprint density at radius 1 is 1.45 bits per heavy atom. The lowest BCUT2D eigenvalue weighted by atomic mass is 9.93. The fourth-order valence-corrected chi connectivity index (χ4v) is 2.77. The molecule has 0 aliphatic rings. The largest absolute Gasteiger partial charge is 0.497 e. The molecule has 1 aromatic carbocycles. The normalized spacial score (nSPS) is 11.6. The molecule has 0 saturated carbocycles. The van der Waals surface area contributed by atoms with Gasteiger partial charge in [-0.25, -0.2) is 4.98 Å². The lowest BCUT2D eigenvalue weighted by Gasteiger charge is -2.24. The summed E-state index contributed by atoms with van der Waals surface area (Å²) in [7, 11) is 1.62. The van der Waals surface area contributed by atoms with Gasteiger partial charge >= 0.3 is 0 Å². The number of amides is 1. The summed E-state index contributed by atoms with van der Waals surface area (Å²) >= 11 is 1.41. The third-order valence-corrected chi connectivity index (χ3v) is 4.46. The van der Waals surface area contributed by atoms with E-state index in [2.05, 4.69) is 10.3 Å². The van der Waals surface area contributed by atoms with Gasteiger partial charge in [-0.15, -0.1) is 0 Å². The Balaban J connectivity index is 2.24. The number of nitrogens with one attached hydrogen (secondary N) is 1. The molecule has 0 fully saturated rings. The fourth-order valence-electron chi connectivity index (χ4n) is 1.88. The maximum absolute atomic E-state index is 12.2. The van der Waals surface area contributed by atoms with E-state index in [0.29, 0.717) is 18.0 Å². The molecule has 0 saturated heterocycles. The van der Waals surface area contributed by atoms with E-state index in [1.54, 1.807) is 7.11 Å². The van der Waals surface area contributed by atoms with Crippen LogP contribution in [0.25, 0.3) is 10.2 Å². The van der Waals surface area contributed by atoms with E-state index >= 15 is 0 Å². The highest BCUT2D eigenvalue weighted by Crippen LogP contribution is 2.29. The molecule has 6 heteroatoms. The molecule has 1 heterocycles. The lowest BCUT2D eigenvalue weighted by Crippen LogP contribution is -2.50. The molecule has 0 aliphatic carbocycles. The smallest absolute Gasteiger partial charge is 0.246 e. The van der Waals surface area contributed by atoms with Crippen molar-refractivity contribution in [1.29, 1.82) is 0 Å². The quantitative estimate of drug-likeness (QED) is 0.888. The Kier molecular flexibility index (Phi) is 4.25. The number of benzene rings is 1. The van der Waals surface area contributed by atoms with Crippen LogP contribution in [0.5, 0.6) is 5.75 Å². The average molecular weight is 293 g/mol. The van der Waals surface area contributed by atoms with Gasteiger partial charge in [0.05, 0.1) is 22.9 Å². The number of anilines is 1. The average Bonchev–Trinajstić information content (AvgIpc) is 2.87. The zero-order valence-electron chi connectivity index (χ0n) is 11.9. The Morgan fingerprint density at radius 2 is 2.15 bits per heavy atom. The van der Waals surface area contributed by atoms with E-state index in [0.717, 1.165) is 16.0 Å². The first-order valence-electron chi connectivity index (χ1n) is 6.57. The first-order chi connectivity index (χ1) is 9.52. The van der Waals surface area contributed by atoms with Crippen LogP contribution in [0.2, 0.25) is 0 Å². The van der Waals surface area contributed by atoms with E-state index in [1.165, 1.54) is 11.3 Å². The molecule has 3 N–H and O–H groups in total. The molecule has 0 bridgehead atoms. The van der Waals surface area contributed by atoms with Crippen molar-refractivity contribution in [2.24, 2.45) is 5.73 Å². The predicted molar refractivity (Wildman–Crippen MR) is 82.3 cm³/mol. The Bertz CT molecular complexity index is 620. The third kappa shape index (κ3) is 2.76. The van der Waals surface area contributed by atoms with Gasteiger partial charge < -0.3 is 15.8 Å². The summed E-state index contributed by atoms with van der Waals surface area (Å²) in [6.45, 7) is 3.82. The highest BCUT2D eigenvalue weighted by atomic mass is 32.1. The molecular weight excluding hydrogens is 274 g/mol. The zero-order chi connectivity index (χ0) is 14.8. The molecule has 5 nitrogen and oxygen atoms in total. The van der Waals surface area contributed by atoms with Crippen LogP contribution in [0.4, 0.5) is 5.13 Å². The molecule has 0 atom stereocenters.